The Kier molecular flexibility index (Phi) is 5.76. The summed E-state index contributed by atoms with van der Waals surface area (Å²) in [5.41, 5.74) is 2.50. The van der Waals surface area contributed by atoms with Gasteiger partial charge in [-0.1, -0.05) is 17.7 Å². The fourth-order valence-electron chi connectivity index (χ4n) is 3.89. The Bertz CT molecular complexity index is 928. The molecule has 1 saturated heterocycles. The van der Waals surface area contributed by atoms with Crippen LogP contribution in [0.4, 0.5) is 10.1 Å². The van der Waals surface area contributed by atoms with Crippen molar-refractivity contribution in [1.29, 1.82) is 0 Å². The first-order chi connectivity index (χ1) is 14.1. The molecule has 1 fully saturated rings. The van der Waals surface area contributed by atoms with Crippen molar-refractivity contribution in [2.24, 2.45) is 0 Å². The number of hydrogen-bond donors (Lipinski definition) is 0. The van der Waals surface area contributed by atoms with Crippen molar-refractivity contribution in [1.82, 2.24) is 4.90 Å². The Morgan fingerprint density at radius 1 is 1.07 bits per heavy atom. The van der Waals surface area contributed by atoms with Crippen molar-refractivity contribution in [3.63, 3.8) is 0 Å². The van der Waals surface area contributed by atoms with Crippen LogP contribution in [0.2, 0.25) is 0 Å². The Morgan fingerprint density at radius 2 is 1.76 bits per heavy atom. The Labute approximate surface area is 170 Å². The molecule has 4 rings (SSSR count). The zero-order valence-corrected chi connectivity index (χ0v) is 16.6. The average molecular weight is 392 g/mol. The smallest absolute Gasteiger partial charge is 0.258 e. The van der Waals surface area contributed by atoms with E-state index in [0.717, 1.165) is 49.5 Å². The van der Waals surface area contributed by atoms with Crippen molar-refractivity contribution >= 4 is 11.6 Å². The van der Waals surface area contributed by atoms with Gasteiger partial charge in [0.15, 0.2) is 0 Å². The molecule has 5 heteroatoms. The molecule has 0 bridgehead atoms. The number of furan rings is 1. The van der Waals surface area contributed by atoms with E-state index in [-0.39, 0.29) is 17.8 Å². The highest BCUT2D eigenvalue weighted by Crippen LogP contribution is 2.27. The number of likely N-dealkylation sites (tertiary alicyclic amines) is 1. The lowest BCUT2D eigenvalue weighted by Gasteiger charge is -2.38. The van der Waals surface area contributed by atoms with Gasteiger partial charge in [0.25, 0.3) is 5.91 Å². The lowest BCUT2D eigenvalue weighted by atomic mass is 10.00. The molecule has 0 N–H and O–H groups in total. The number of amides is 1. The summed E-state index contributed by atoms with van der Waals surface area (Å²) in [6, 6.07) is 17.8. The van der Waals surface area contributed by atoms with E-state index in [4.69, 9.17) is 4.42 Å². The molecule has 0 atom stereocenters. The molecule has 0 spiro atoms. The van der Waals surface area contributed by atoms with Crippen LogP contribution < -0.4 is 4.90 Å². The predicted molar refractivity (Wildman–Crippen MR) is 111 cm³/mol. The molecule has 1 aromatic heterocycles. The molecule has 3 aromatic rings. The number of benzene rings is 2. The molecular weight excluding hydrogens is 367 g/mol. The summed E-state index contributed by atoms with van der Waals surface area (Å²) >= 11 is 0. The minimum atomic E-state index is -0.301. The molecule has 2 heterocycles. The summed E-state index contributed by atoms with van der Waals surface area (Å²) in [6.07, 6.45) is 3.41. The van der Waals surface area contributed by atoms with E-state index in [1.54, 1.807) is 18.4 Å². The molecule has 29 heavy (non-hydrogen) atoms. The Hall–Kier alpha value is -2.92. The second-order valence-corrected chi connectivity index (χ2v) is 7.60. The number of hydrogen-bond acceptors (Lipinski definition) is 3. The third kappa shape index (κ3) is 4.57. The van der Waals surface area contributed by atoms with Gasteiger partial charge in [0, 0.05) is 30.4 Å². The number of rotatable bonds is 5. The standard InChI is InChI=1S/C24H25FN2O2/c1-18-4-6-19(7-5-18)24(28)27(21-10-8-20(25)9-11-21)22-12-14-26(15-13-22)17-23-3-2-16-29-23/h2-11,16,22H,12-15,17H2,1H3. The van der Waals surface area contributed by atoms with E-state index in [9.17, 15) is 9.18 Å². The van der Waals surface area contributed by atoms with Gasteiger partial charge in [-0.2, -0.15) is 0 Å². The van der Waals surface area contributed by atoms with E-state index >= 15 is 0 Å². The van der Waals surface area contributed by atoms with E-state index < -0.39 is 0 Å². The number of aryl methyl sites for hydroxylation is 1. The van der Waals surface area contributed by atoms with Crippen LogP contribution in [0.1, 0.15) is 34.5 Å². The summed E-state index contributed by atoms with van der Waals surface area (Å²) in [4.78, 5) is 17.6. The van der Waals surface area contributed by atoms with Crippen molar-refractivity contribution in [3.8, 4) is 0 Å². The molecule has 0 aliphatic carbocycles. The lowest BCUT2D eigenvalue weighted by Crippen LogP contribution is -2.47. The topological polar surface area (TPSA) is 36.7 Å². The summed E-state index contributed by atoms with van der Waals surface area (Å²) in [5, 5.41) is 0. The summed E-state index contributed by atoms with van der Waals surface area (Å²) in [7, 11) is 0. The van der Waals surface area contributed by atoms with Gasteiger partial charge in [0.1, 0.15) is 11.6 Å². The fraction of sp³-hybridized carbons (Fsp3) is 0.292. The van der Waals surface area contributed by atoms with Gasteiger partial charge >= 0.3 is 0 Å². The molecule has 1 aliphatic rings. The zero-order valence-electron chi connectivity index (χ0n) is 16.6. The highest BCUT2D eigenvalue weighted by atomic mass is 19.1. The third-order valence-corrected chi connectivity index (χ3v) is 5.50. The van der Waals surface area contributed by atoms with E-state index in [0.29, 0.717) is 5.56 Å². The van der Waals surface area contributed by atoms with Gasteiger partial charge in [-0.05, 0) is 68.3 Å². The monoisotopic (exact) mass is 392 g/mol. The van der Waals surface area contributed by atoms with Crippen molar-refractivity contribution in [2.45, 2.75) is 32.4 Å². The van der Waals surface area contributed by atoms with Crippen molar-refractivity contribution in [2.75, 3.05) is 18.0 Å². The van der Waals surface area contributed by atoms with Crippen molar-refractivity contribution < 1.29 is 13.6 Å². The Morgan fingerprint density at radius 3 is 2.38 bits per heavy atom. The molecule has 0 unspecified atom stereocenters. The van der Waals surface area contributed by atoms with Gasteiger partial charge in [-0.25, -0.2) is 4.39 Å². The van der Waals surface area contributed by atoms with Crippen LogP contribution in [-0.4, -0.2) is 29.9 Å². The second kappa shape index (κ2) is 8.62. The maximum absolute atomic E-state index is 13.5. The molecule has 1 aliphatic heterocycles. The highest BCUT2D eigenvalue weighted by molar-refractivity contribution is 6.06. The van der Waals surface area contributed by atoms with Gasteiger partial charge in [-0.15, -0.1) is 0 Å². The van der Waals surface area contributed by atoms with Crippen LogP contribution in [0.15, 0.2) is 71.3 Å². The first kappa shape index (κ1) is 19.4. The SMILES string of the molecule is Cc1ccc(C(=O)N(c2ccc(F)cc2)C2CCN(Cc3ccco3)CC2)cc1. The molecule has 4 nitrogen and oxygen atoms in total. The highest BCUT2D eigenvalue weighted by Gasteiger charge is 2.30. The van der Waals surface area contributed by atoms with Crippen LogP contribution in [0.25, 0.3) is 0 Å². The zero-order chi connectivity index (χ0) is 20.2. The van der Waals surface area contributed by atoms with Crippen LogP contribution in [-0.2, 0) is 6.54 Å². The molecule has 0 radical (unpaired) electrons. The van der Waals surface area contributed by atoms with Crippen molar-refractivity contribution in [3.05, 3.63) is 89.6 Å². The minimum absolute atomic E-state index is 0.0407. The van der Waals surface area contributed by atoms with Gasteiger partial charge in [-0.3, -0.25) is 9.69 Å². The van der Waals surface area contributed by atoms with E-state index in [1.807, 2.05) is 48.2 Å². The number of anilines is 1. The maximum Gasteiger partial charge on any atom is 0.258 e. The third-order valence-electron chi connectivity index (χ3n) is 5.50. The van der Waals surface area contributed by atoms with Crippen LogP contribution >= 0.6 is 0 Å². The number of carbonyl (C=O) groups excluding carboxylic acids is 1. The molecular formula is C24H25FN2O2. The molecule has 2 aromatic carbocycles. The first-order valence-corrected chi connectivity index (χ1v) is 10.0. The van der Waals surface area contributed by atoms with Crippen LogP contribution in [0, 0.1) is 12.7 Å². The van der Waals surface area contributed by atoms with Gasteiger partial charge in [0.2, 0.25) is 0 Å². The predicted octanol–water partition coefficient (Wildman–Crippen LogP) is 5.04. The molecule has 0 saturated carbocycles. The summed E-state index contributed by atoms with van der Waals surface area (Å²) < 4.78 is 18.9. The summed E-state index contributed by atoms with van der Waals surface area (Å²) in [5.74, 6) is 0.611. The average Bonchev–Trinajstić information content (AvgIpc) is 3.24. The Balaban J connectivity index is 1.53. The van der Waals surface area contributed by atoms with Crippen LogP contribution in [0.5, 0.6) is 0 Å². The number of piperidine rings is 1. The van der Waals surface area contributed by atoms with Gasteiger partial charge in [0.05, 0.1) is 12.8 Å². The quantitative estimate of drug-likeness (QED) is 0.610. The fourth-order valence-corrected chi connectivity index (χ4v) is 3.89. The van der Waals surface area contributed by atoms with Gasteiger partial charge < -0.3 is 9.32 Å². The minimum Gasteiger partial charge on any atom is -0.468 e. The summed E-state index contributed by atoms with van der Waals surface area (Å²) in [6.45, 7) is 4.54. The largest absolute Gasteiger partial charge is 0.468 e. The molecule has 1 amide bonds. The second-order valence-electron chi connectivity index (χ2n) is 7.60. The number of carbonyl (C=O) groups is 1. The number of halogens is 1. The first-order valence-electron chi connectivity index (χ1n) is 10.0. The normalized spacial score (nSPS) is 15.4. The van der Waals surface area contributed by atoms with Crippen LogP contribution in [0.3, 0.4) is 0 Å². The number of nitrogens with zero attached hydrogens (tertiary/aromatic N) is 2. The maximum atomic E-state index is 13.5. The molecule has 150 valence electrons. The van der Waals surface area contributed by atoms with E-state index in [1.165, 1.54) is 12.1 Å². The lowest BCUT2D eigenvalue weighted by molar-refractivity contribution is 0.0957. The van der Waals surface area contributed by atoms with E-state index in [2.05, 4.69) is 4.90 Å².